The highest BCUT2D eigenvalue weighted by Crippen LogP contribution is 2.10. The van der Waals surface area contributed by atoms with E-state index in [1.54, 1.807) is 11.9 Å². The zero-order chi connectivity index (χ0) is 17.4. The lowest BCUT2D eigenvalue weighted by Gasteiger charge is -2.35. The summed E-state index contributed by atoms with van der Waals surface area (Å²) in [7, 11) is 1.80. The van der Waals surface area contributed by atoms with Crippen molar-refractivity contribution in [3.63, 3.8) is 0 Å². The number of aryl methyl sites for hydroxylation is 1. The summed E-state index contributed by atoms with van der Waals surface area (Å²) in [5, 5.41) is 3.44. The Balaban J connectivity index is 0.00000312. The number of carbonyl (C=O) groups excluding carboxylic acids is 1. The first-order valence-electron chi connectivity index (χ1n) is 8.63. The van der Waals surface area contributed by atoms with Crippen LogP contribution in [-0.2, 0) is 17.7 Å². The number of piperazine rings is 1. The maximum absolute atomic E-state index is 11.8. The van der Waals surface area contributed by atoms with Crippen LogP contribution in [0.1, 0.15) is 25.0 Å². The molecule has 2 rings (SSSR count). The third-order valence-electron chi connectivity index (χ3n) is 4.25. The van der Waals surface area contributed by atoms with Gasteiger partial charge in [-0.25, -0.2) is 4.79 Å². The standard InChI is InChI=1S/C18H28N4O2.HI/c1-4-15-8-6-7-9-16(15)14-20-17(19-3)21-10-12-22(13-11-21)18(23)24-5-2;/h6-9H,4-5,10-14H2,1-3H3,(H,19,20);1H. The van der Waals surface area contributed by atoms with Crippen LogP contribution >= 0.6 is 24.0 Å². The molecule has 1 heterocycles. The molecule has 0 atom stereocenters. The Bertz CT molecular complexity index is 572. The minimum absolute atomic E-state index is 0. The SMILES string of the molecule is CCOC(=O)N1CCN(C(=NC)NCc2ccccc2CC)CC1.I. The van der Waals surface area contributed by atoms with Gasteiger partial charge in [0.15, 0.2) is 5.96 Å². The molecule has 0 aromatic heterocycles. The van der Waals surface area contributed by atoms with Crippen molar-refractivity contribution in [2.45, 2.75) is 26.8 Å². The third kappa shape index (κ3) is 6.05. The molecule has 0 unspecified atom stereocenters. The molecule has 6 nitrogen and oxygen atoms in total. The van der Waals surface area contributed by atoms with E-state index in [4.69, 9.17) is 4.74 Å². The van der Waals surface area contributed by atoms with Crippen molar-refractivity contribution in [1.82, 2.24) is 15.1 Å². The Hall–Kier alpha value is -1.51. The molecule has 0 spiro atoms. The van der Waals surface area contributed by atoms with Crippen LogP contribution in [0, 0.1) is 0 Å². The van der Waals surface area contributed by atoms with Crippen molar-refractivity contribution in [3.8, 4) is 0 Å². The van der Waals surface area contributed by atoms with Crippen LogP contribution < -0.4 is 5.32 Å². The van der Waals surface area contributed by atoms with Gasteiger partial charge in [0.25, 0.3) is 0 Å². The van der Waals surface area contributed by atoms with E-state index in [1.165, 1.54) is 11.1 Å². The number of ether oxygens (including phenoxy) is 1. The zero-order valence-electron chi connectivity index (χ0n) is 15.3. The lowest BCUT2D eigenvalue weighted by atomic mass is 10.1. The van der Waals surface area contributed by atoms with Crippen LogP contribution in [0.4, 0.5) is 4.79 Å². The number of nitrogens with one attached hydrogen (secondary N) is 1. The second-order valence-electron chi connectivity index (χ2n) is 5.70. The fourth-order valence-corrected chi connectivity index (χ4v) is 2.90. The zero-order valence-corrected chi connectivity index (χ0v) is 17.7. The molecule has 1 N–H and O–H groups in total. The Morgan fingerprint density at radius 2 is 1.72 bits per heavy atom. The summed E-state index contributed by atoms with van der Waals surface area (Å²) in [6, 6.07) is 8.46. The smallest absolute Gasteiger partial charge is 0.409 e. The summed E-state index contributed by atoms with van der Waals surface area (Å²) >= 11 is 0. The molecule has 0 saturated carbocycles. The topological polar surface area (TPSA) is 57.2 Å². The van der Waals surface area contributed by atoms with Crippen LogP contribution in [0.5, 0.6) is 0 Å². The van der Waals surface area contributed by atoms with Crippen LogP contribution in [0.15, 0.2) is 29.3 Å². The summed E-state index contributed by atoms with van der Waals surface area (Å²) in [6.45, 7) is 8.00. The molecule has 140 valence electrons. The maximum Gasteiger partial charge on any atom is 0.409 e. The van der Waals surface area contributed by atoms with Gasteiger partial charge in [-0.2, -0.15) is 0 Å². The molecule has 1 aromatic rings. The number of benzene rings is 1. The van der Waals surface area contributed by atoms with E-state index < -0.39 is 0 Å². The van der Waals surface area contributed by atoms with Gasteiger partial charge in [-0.1, -0.05) is 31.2 Å². The molecule has 1 aliphatic heterocycles. The van der Waals surface area contributed by atoms with E-state index in [-0.39, 0.29) is 30.1 Å². The summed E-state index contributed by atoms with van der Waals surface area (Å²) in [5.74, 6) is 0.879. The predicted molar refractivity (Wildman–Crippen MR) is 112 cm³/mol. The normalized spacial score (nSPS) is 14.8. The fourth-order valence-electron chi connectivity index (χ4n) is 2.90. The predicted octanol–water partition coefficient (Wildman–Crippen LogP) is 2.72. The van der Waals surface area contributed by atoms with Crippen molar-refractivity contribution in [3.05, 3.63) is 35.4 Å². The number of halogens is 1. The number of carbonyl (C=O) groups is 1. The van der Waals surface area contributed by atoms with Gasteiger partial charge in [-0.15, -0.1) is 24.0 Å². The van der Waals surface area contributed by atoms with E-state index >= 15 is 0 Å². The van der Waals surface area contributed by atoms with Crippen molar-refractivity contribution < 1.29 is 9.53 Å². The molecule has 1 aromatic carbocycles. The van der Waals surface area contributed by atoms with E-state index in [0.717, 1.165) is 32.0 Å². The number of aliphatic imine (C=N–C) groups is 1. The number of hydrogen-bond acceptors (Lipinski definition) is 3. The van der Waals surface area contributed by atoms with E-state index in [1.807, 2.05) is 6.92 Å². The van der Waals surface area contributed by atoms with Crippen LogP contribution in [0.25, 0.3) is 0 Å². The number of amides is 1. The molecule has 0 radical (unpaired) electrons. The largest absolute Gasteiger partial charge is 0.450 e. The molecule has 1 fully saturated rings. The maximum atomic E-state index is 11.8. The quantitative estimate of drug-likeness (QED) is 0.427. The molecule has 0 aliphatic carbocycles. The second-order valence-corrected chi connectivity index (χ2v) is 5.70. The van der Waals surface area contributed by atoms with Crippen LogP contribution in [0.3, 0.4) is 0 Å². The summed E-state index contributed by atoms with van der Waals surface area (Å²) in [6.07, 6.45) is 0.797. The summed E-state index contributed by atoms with van der Waals surface area (Å²) < 4.78 is 5.06. The van der Waals surface area contributed by atoms with Gasteiger partial charge in [-0.05, 0) is 24.5 Å². The molecule has 1 saturated heterocycles. The average Bonchev–Trinajstić information content (AvgIpc) is 2.63. The van der Waals surface area contributed by atoms with E-state index in [2.05, 4.69) is 46.4 Å². The van der Waals surface area contributed by atoms with Crippen molar-refractivity contribution in [1.29, 1.82) is 0 Å². The minimum Gasteiger partial charge on any atom is -0.450 e. The Labute approximate surface area is 167 Å². The highest BCUT2D eigenvalue weighted by molar-refractivity contribution is 14.0. The lowest BCUT2D eigenvalue weighted by Crippen LogP contribution is -2.53. The highest BCUT2D eigenvalue weighted by Gasteiger charge is 2.23. The molecular weight excluding hydrogens is 431 g/mol. The van der Waals surface area contributed by atoms with Gasteiger partial charge in [-0.3, -0.25) is 4.99 Å². The lowest BCUT2D eigenvalue weighted by molar-refractivity contribution is 0.0914. The van der Waals surface area contributed by atoms with E-state index in [0.29, 0.717) is 19.7 Å². The van der Waals surface area contributed by atoms with Gasteiger partial charge in [0, 0.05) is 39.8 Å². The van der Waals surface area contributed by atoms with Crippen molar-refractivity contribution >= 4 is 36.0 Å². The van der Waals surface area contributed by atoms with Gasteiger partial charge in [0.2, 0.25) is 0 Å². The van der Waals surface area contributed by atoms with Gasteiger partial charge in [0.1, 0.15) is 0 Å². The van der Waals surface area contributed by atoms with Crippen LogP contribution in [-0.4, -0.2) is 61.7 Å². The Morgan fingerprint density at radius 1 is 1.12 bits per heavy atom. The number of rotatable bonds is 4. The minimum atomic E-state index is -0.225. The van der Waals surface area contributed by atoms with Crippen molar-refractivity contribution in [2.75, 3.05) is 39.8 Å². The Kier molecular flexibility index (Phi) is 9.62. The second kappa shape index (κ2) is 11.2. The fraction of sp³-hybridized carbons (Fsp3) is 0.556. The van der Waals surface area contributed by atoms with Gasteiger partial charge in [0.05, 0.1) is 6.61 Å². The molecule has 1 aliphatic rings. The summed E-state index contributed by atoms with van der Waals surface area (Å²) in [5.41, 5.74) is 2.65. The summed E-state index contributed by atoms with van der Waals surface area (Å²) in [4.78, 5) is 20.1. The molecule has 0 bridgehead atoms. The Morgan fingerprint density at radius 3 is 2.28 bits per heavy atom. The molecule has 7 heteroatoms. The molecule has 25 heavy (non-hydrogen) atoms. The van der Waals surface area contributed by atoms with Gasteiger partial charge < -0.3 is 19.9 Å². The third-order valence-corrected chi connectivity index (χ3v) is 4.25. The number of nitrogens with zero attached hydrogens (tertiary/aromatic N) is 3. The molecular formula is C18H29IN4O2. The highest BCUT2D eigenvalue weighted by atomic mass is 127. The van der Waals surface area contributed by atoms with Crippen LogP contribution in [0.2, 0.25) is 0 Å². The van der Waals surface area contributed by atoms with Crippen molar-refractivity contribution in [2.24, 2.45) is 4.99 Å². The average molecular weight is 460 g/mol. The van der Waals surface area contributed by atoms with Gasteiger partial charge >= 0.3 is 6.09 Å². The first kappa shape index (κ1) is 21.5. The number of guanidine groups is 1. The molecule has 1 amide bonds. The monoisotopic (exact) mass is 460 g/mol. The van der Waals surface area contributed by atoms with E-state index in [9.17, 15) is 4.79 Å². The first-order chi connectivity index (χ1) is 11.7. The first-order valence-corrected chi connectivity index (χ1v) is 8.63. The number of hydrogen-bond donors (Lipinski definition) is 1.